The van der Waals surface area contributed by atoms with Crippen molar-refractivity contribution in [1.82, 2.24) is 4.90 Å². The normalized spacial score (nSPS) is 20.4. The molecule has 1 aliphatic heterocycles. The van der Waals surface area contributed by atoms with E-state index in [9.17, 15) is 4.79 Å². The summed E-state index contributed by atoms with van der Waals surface area (Å²) in [7, 11) is 0. The summed E-state index contributed by atoms with van der Waals surface area (Å²) in [5.41, 5.74) is 8.07. The minimum absolute atomic E-state index is 0.102. The Hall–Kier alpha value is -1.55. The molecular formula is C19H20Cl2N2O. The molecule has 1 heterocycles. The Morgan fingerprint density at radius 3 is 2.50 bits per heavy atom. The molecule has 2 aromatic rings. The van der Waals surface area contributed by atoms with Crippen LogP contribution in [0.15, 0.2) is 48.5 Å². The molecule has 0 spiro atoms. The van der Waals surface area contributed by atoms with E-state index >= 15 is 0 Å². The second-order valence-corrected chi connectivity index (χ2v) is 7.05. The van der Waals surface area contributed by atoms with E-state index in [0.717, 1.165) is 5.56 Å². The first kappa shape index (κ1) is 17.3. The van der Waals surface area contributed by atoms with Crippen LogP contribution in [-0.2, 0) is 11.2 Å². The summed E-state index contributed by atoms with van der Waals surface area (Å²) >= 11 is 12.0. The maximum atomic E-state index is 12.7. The first-order valence-electron chi connectivity index (χ1n) is 8.05. The number of hydrogen-bond acceptors (Lipinski definition) is 2. The summed E-state index contributed by atoms with van der Waals surface area (Å²) in [6.45, 7) is 2.00. The van der Waals surface area contributed by atoms with E-state index in [2.05, 4.69) is 12.1 Å². The summed E-state index contributed by atoms with van der Waals surface area (Å²) < 4.78 is 0. The van der Waals surface area contributed by atoms with Gasteiger partial charge in [0.25, 0.3) is 0 Å². The van der Waals surface area contributed by atoms with Gasteiger partial charge in [0, 0.05) is 19.0 Å². The molecular weight excluding hydrogens is 343 g/mol. The largest absolute Gasteiger partial charge is 0.341 e. The number of halogens is 2. The van der Waals surface area contributed by atoms with Gasteiger partial charge in [-0.25, -0.2) is 0 Å². The minimum Gasteiger partial charge on any atom is -0.341 e. The van der Waals surface area contributed by atoms with Crippen LogP contribution < -0.4 is 5.73 Å². The quantitative estimate of drug-likeness (QED) is 0.900. The van der Waals surface area contributed by atoms with Gasteiger partial charge < -0.3 is 10.6 Å². The number of nitrogens with two attached hydrogens (primary N) is 1. The number of benzene rings is 2. The molecule has 24 heavy (non-hydrogen) atoms. The second-order valence-electron chi connectivity index (χ2n) is 6.24. The fourth-order valence-corrected chi connectivity index (χ4v) is 3.65. The molecule has 1 amide bonds. The van der Waals surface area contributed by atoms with Crippen LogP contribution in [0.4, 0.5) is 0 Å². The average molecular weight is 363 g/mol. The molecule has 0 aromatic heterocycles. The Balaban J connectivity index is 1.71. The Kier molecular flexibility index (Phi) is 5.44. The molecule has 0 saturated carbocycles. The first-order chi connectivity index (χ1) is 11.6. The average Bonchev–Trinajstić information content (AvgIpc) is 3.03. The zero-order chi connectivity index (χ0) is 17.1. The lowest BCUT2D eigenvalue weighted by molar-refractivity contribution is -0.129. The molecule has 0 radical (unpaired) electrons. The number of carbonyl (C=O) groups is 1. The third-order valence-corrected chi connectivity index (χ3v) is 5.40. The summed E-state index contributed by atoms with van der Waals surface area (Å²) in [6.07, 6.45) is 0.329. The van der Waals surface area contributed by atoms with Gasteiger partial charge >= 0.3 is 0 Å². The van der Waals surface area contributed by atoms with Crippen molar-refractivity contribution < 1.29 is 4.79 Å². The van der Waals surface area contributed by atoms with E-state index in [4.69, 9.17) is 28.9 Å². The Morgan fingerprint density at radius 2 is 1.83 bits per heavy atom. The number of likely N-dealkylation sites (tertiary alicyclic amines) is 1. The second kappa shape index (κ2) is 7.56. The molecule has 1 saturated heterocycles. The van der Waals surface area contributed by atoms with Crippen LogP contribution in [0.25, 0.3) is 0 Å². The third kappa shape index (κ3) is 3.75. The van der Waals surface area contributed by atoms with Crippen molar-refractivity contribution in [2.75, 3.05) is 19.6 Å². The van der Waals surface area contributed by atoms with Gasteiger partial charge in [-0.3, -0.25) is 4.79 Å². The standard InChI is InChI=1S/C19H20Cl2N2O/c20-17-7-6-13(8-18(17)21)9-19(24)23-11-15(10-22)16(12-23)14-4-2-1-3-5-14/h1-8,15-16H,9-12,22H2/t15-,16+/m1/s1. The van der Waals surface area contributed by atoms with Crippen LogP contribution in [0.3, 0.4) is 0 Å². The van der Waals surface area contributed by atoms with Gasteiger partial charge in [-0.2, -0.15) is 0 Å². The number of carbonyl (C=O) groups excluding carboxylic acids is 1. The summed E-state index contributed by atoms with van der Waals surface area (Å²) in [5.74, 6) is 0.699. The van der Waals surface area contributed by atoms with Crippen LogP contribution in [0.2, 0.25) is 10.0 Å². The Morgan fingerprint density at radius 1 is 1.08 bits per heavy atom. The van der Waals surface area contributed by atoms with E-state index in [1.165, 1.54) is 5.56 Å². The lowest BCUT2D eigenvalue weighted by Crippen LogP contribution is -2.31. The Labute approximate surface area is 152 Å². The van der Waals surface area contributed by atoms with Crippen LogP contribution in [0.5, 0.6) is 0 Å². The zero-order valence-corrected chi connectivity index (χ0v) is 14.8. The van der Waals surface area contributed by atoms with Crippen molar-refractivity contribution in [3.05, 3.63) is 69.7 Å². The lowest BCUT2D eigenvalue weighted by atomic mass is 9.89. The number of rotatable bonds is 4. The van der Waals surface area contributed by atoms with Gasteiger partial charge in [0.2, 0.25) is 5.91 Å². The molecule has 1 aliphatic rings. The summed E-state index contributed by atoms with van der Waals surface area (Å²) in [6, 6.07) is 15.6. The number of nitrogens with zero attached hydrogens (tertiary/aromatic N) is 1. The van der Waals surface area contributed by atoms with Gasteiger partial charge in [-0.15, -0.1) is 0 Å². The van der Waals surface area contributed by atoms with Crippen LogP contribution >= 0.6 is 23.2 Å². The fraction of sp³-hybridized carbons (Fsp3) is 0.316. The van der Waals surface area contributed by atoms with Crippen molar-refractivity contribution in [2.45, 2.75) is 12.3 Å². The SMILES string of the molecule is NC[C@@H]1CN(C(=O)Cc2ccc(Cl)c(Cl)c2)C[C@H]1c1ccccc1. The van der Waals surface area contributed by atoms with E-state index in [0.29, 0.717) is 47.9 Å². The topological polar surface area (TPSA) is 46.3 Å². The molecule has 0 aliphatic carbocycles. The highest BCUT2D eigenvalue weighted by Gasteiger charge is 2.35. The van der Waals surface area contributed by atoms with Gasteiger partial charge in [0.05, 0.1) is 16.5 Å². The predicted molar refractivity (Wildman–Crippen MR) is 98.5 cm³/mol. The molecule has 2 atom stereocenters. The molecule has 5 heteroatoms. The molecule has 0 unspecified atom stereocenters. The van der Waals surface area contributed by atoms with Crippen molar-refractivity contribution in [2.24, 2.45) is 11.7 Å². The third-order valence-electron chi connectivity index (χ3n) is 4.66. The highest BCUT2D eigenvalue weighted by molar-refractivity contribution is 6.42. The van der Waals surface area contributed by atoms with Crippen LogP contribution in [0, 0.1) is 5.92 Å². The van der Waals surface area contributed by atoms with Crippen LogP contribution in [-0.4, -0.2) is 30.4 Å². The van der Waals surface area contributed by atoms with E-state index < -0.39 is 0 Å². The molecule has 3 rings (SSSR count). The van der Waals surface area contributed by atoms with E-state index in [1.54, 1.807) is 12.1 Å². The first-order valence-corrected chi connectivity index (χ1v) is 8.80. The van der Waals surface area contributed by atoms with Crippen molar-refractivity contribution in [1.29, 1.82) is 0 Å². The zero-order valence-electron chi connectivity index (χ0n) is 13.3. The predicted octanol–water partition coefficient (Wildman–Crippen LogP) is 3.74. The van der Waals surface area contributed by atoms with E-state index in [-0.39, 0.29) is 5.91 Å². The van der Waals surface area contributed by atoms with Crippen LogP contribution in [0.1, 0.15) is 17.0 Å². The van der Waals surface area contributed by atoms with Crippen molar-refractivity contribution >= 4 is 29.1 Å². The molecule has 2 aromatic carbocycles. The monoisotopic (exact) mass is 362 g/mol. The Bertz CT molecular complexity index is 721. The molecule has 2 N–H and O–H groups in total. The summed E-state index contributed by atoms with van der Waals surface area (Å²) in [5, 5.41) is 0.978. The maximum Gasteiger partial charge on any atom is 0.227 e. The highest BCUT2D eigenvalue weighted by Crippen LogP contribution is 2.32. The minimum atomic E-state index is 0.102. The smallest absolute Gasteiger partial charge is 0.227 e. The highest BCUT2D eigenvalue weighted by atomic mass is 35.5. The van der Waals surface area contributed by atoms with Crippen molar-refractivity contribution in [3.63, 3.8) is 0 Å². The molecule has 126 valence electrons. The van der Waals surface area contributed by atoms with Gasteiger partial charge in [-0.05, 0) is 35.7 Å². The molecule has 3 nitrogen and oxygen atoms in total. The number of amides is 1. The van der Waals surface area contributed by atoms with Gasteiger partial charge in [0.15, 0.2) is 0 Å². The maximum absolute atomic E-state index is 12.7. The molecule has 1 fully saturated rings. The molecule has 0 bridgehead atoms. The van der Waals surface area contributed by atoms with E-state index in [1.807, 2.05) is 29.2 Å². The summed E-state index contributed by atoms with van der Waals surface area (Å²) in [4.78, 5) is 14.6. The van der Waals surface area contributed by atoms with Gasteiger partial charge in [-0.1, -0.05) is 59.6 Å². The lowest BCUT2D eigenvalue weighted by Gasteiger charge is -2.17. The van der Waals surface area contributed by atoms with Crippen molar-refractivity contribution in [3.8, 4) is 0 Å². The number of hydrogen-bond donors (Lipinski definition) is 1. The fourth-order valence-electron chi connectivity index (χ4n) is 3.33. The van der Waals surface area contributed by atoms with Gasteiger partial charge in [0.1, 0.15) is 0 Å².